The van der Waals surface area contributed by atoms with Crippen LogP contribution >= 0.6 is 11.8 Å². The lowest BCUT2D eigenvalue weighted by molar-refractivity contribution is 0.136. The maximum atomic E-state index is 10.0. The molecule has 1 aromatic rings. The highest BCUT2D eigenvalue weighted by Crippen LogP contribution is 2.32. The maximum absolute atomic E-state index is 10.0. The van der Waals surface area contributed by atoms with E-state index in [1.165, 1.54) is 19.3 Å². The second-order valence-corrected chi connectivity index (χ2v) is 6.63. The molecule has 0 spiro atoms. The molecule has 1 heterocycles. The summed E-state index contributed by atoms with van der Waals surface area (Å²) < 4.78 is 1.85. The van der Waals surface area contributed by atoms with Crippen molar-refractivity contribution in [1.82, 2.24) is 25.5 Å². The monoisotopic (exact) mass is 283 g/mol. The van der Waals surface area contributed by atoms with Crippen LogP contribution in [0.5, 0.6) is 0 Å². The van der Waals surface area contributed by atoms with Crippen molar-refractivity contribution in [3.8, 4) is 0 Å². The van der Waals surface area contributed by atoms with E-state index < -0.39 is 0 Å². The standard InChI is InChI=1S/C12H21N5OS/c18-10-3-1-2-4-11(10)19-12-14-15-16-17(12)8-7-13-9-5-6-9/h9-11,13,18H,1-8H2. The molecule has 2 aliphatic rings. The summed E-state index contributed by atoms with van der Waals surface area (Å²) in [5.74, 6) is 0. The van der Waals surface area contributed by atoms with Crippen molar-refractivity contribution in [1.29, 1.82) is 0 Å². The van der Waals surface area contributed by atoms with E-state index in [4.69, 9.17) is 0 Å². The summed E-state index contributed by atoms with van der Waals surface area (Å²) in [6.07, 6.45) is 6.67. The van der Waals surface area contributed by atoms with Gasteiger partial charge >= 0.3 is 0 Å². The Balaban J connectivity index is 1.52. The molecule has 2 saturated carbocycles. The van der Waals surface area contributed by atoms with Gasteiger partial charge in [-0.3, -0.25) is 0 Å². The van der Waals surface area contributed by atoms with Crippen LogP contribution in [0.2, 0.25) is 0 Å². The number of nitrogens with one attached hydrogen (secondary N) is 1. The molecule has 0 aliphatic heterocycles. The Morgan fingerprint density at radius 2 is 2.11 bits per heavy atom. The van der Waals surface area contributed by atoms with Crippen LogP contribution in [0.3, 0.4) is 0 Å². The highest BCUT2D eigenvalue weighted by molar-refractivity contribution is 7.99. The smallest absolute Gasteiger partial charge is 0.209 e. The first-order valence-electron chi connectivity index (χ1n) is 7.17. The van der Waals surface area contributed by atoms with Crippen LogP contribution in [0.15, 0.2) is 5.16 Å². The number of rotatable bonds is 6. The summed E-state index contributed by atoms with van der Waals surface area (Å²) in [4.78, 5) is 0. The fourth-order valence-electron chi connectivity index (χ4n) is 2.43. The van der Waals surface area contributed by atoms with Crippen molar-refractivity contribution >= 4 is 11.8 Å². The molecule has 7 heteroatoms. The Hall–Kier alpha value is -0.660. The minimum atomic E-state index is -0.214. The van der Waals surface area contributed by atoms with Gasteiger partial charge in [-0.15, -0.1) is 5.10 Å². The summed E-state index contributed by atoms with van der Waals surface area (Å²) in [6, 6.07) is 0.716. The molecular weight excluding hydrogens is 262 g/mol. The number of thioether (sulfide) groups is 1. The zero-order valence-electron chi connectivity index (χ0n) is 11.0. The molecular formula is C12H21N5OS. The number of aliphatic hydroxyl groups excluding tert-OH is 1. The molecule has 2 fully saturated rings. The average molecular weight is 283 g/mol. The molecule has 106 valence electrons. The highest BCUT2D eigenvalue weighted by Gasteiger charge is 2.26. The normalized spacial score (nSPS) is 27.6. The van der Waals surface area contributed by atoms with Crippen molar-refractivity contribution in [3.63, 3.8) is 0 Å². The molecule has 2 unspecified atom stereocenters. The van der Waals surface area contributed by atoms with Gasteiger partial charge in [-0.2, -0.15) is 0 Å². The second kappa shape index (κ2) is 6.19. The first-order chi connectivity index (χ1) is 9.33. The minimum absolute atomic E-state index is 0.214. The fourth-order valence-corrected chi connectivity index (χ4v) is 3.61. The van der Waals surface area contributed by atoms with Crippen molar-refractivity contribution in [2.45, 2.75) is 67.6 Å². The minimum Gasteiger partial charge on any atom is -0.392 e. The molecule has 0 saturated heterocycles. The van der Waals surface area contributed by atoms with Gasteiger partial charge in [-0.05, 0) is 36.1 Å². The molecule has 2 N–H and O–H groups in total. The van der Waals surface area contributed by atoms with Crippen LogP contribution in [0.25, 0.3) is 0 Å². The predicted molar refractivity (Wildman–Crippen MR) is 73.0 cm³/mol. The molecule has 2 aliphatic carbocycles. The molecule has 0 bridgehead atoms. The van der Waals surface area contributed by atoms with Gasteiger partial charge in [0.15, 0.2) is 0 Å². The van der Waals surface area contributed by atoms with Crippen LogP contribution in [0.1, 0.15) is 38.5 Å². The number of tetrazole rings is 1. The summed E-state index contributed by atoms with van der Waals surface area (Å²) >= 11 is 1.63. The van der Waals surface area contributed by atoms with Crippen molar-refractivity contribution in [3.05, 3.63) is 0 Å². The Morgan fingerprint density at radius 1 is 1.26 bits per heavy atom. The van der Waals surface area contributed by atoms with Crippen LogP contribution in [-0.2, 0) is 6.54 Å². The van der Waals surface area contributed by atoms with Gasteiger partial charge in [0.1, 0.15) is 0 Å². The van der Waals surface area contributed by atoms with Gasteiger partial charge in [0.25, 0.3) is 0 Å². The first-order valence-corrected chi connectivity index (χ1v) is 8.05. The lowest BCUT2D eigenvalue weighted by Crippen LogP contribution is -2.27. The quantitative estimate of drug-likeness (QED) is 0.805. The molecule has 19 heavy (non-hydrogen) atoms. The van der Waals surface area contributed by atoms with E-state index in [-0.39, 0.29) is 11.4 Å². The fraction of sp³-hybridized carbons (Fsp3) is 0.917. The van der Waals surface area contributed by atoms with E-state index in [2.05, 4.69) is 20.8 Å². The molecule has 0 aromatic carbocycles. The van der Waals surface area contributed by atoms with E-state index in [1.54, 1.807) is 11.8 Å². The van der Waals surface area contributed by atoms with E-state index in [0.29, 0.717) is 6.04 Å². The topological polar surface area (TPSA) is 75.9 Å². The van der Waals surface area contributed by atoms with Gasteiger partial charge in [-0.1, -0.05) is 24.6 Å². The average Bonchev–Trinajstić information content (AvgIpc) is 3.13. The number of aliphatic hydroxyl groups is 1. The van der Waals surface area contributed by atoms with Crippen molar-refractivity contribution in [2.24, 2.45) is 0 Å². The third-order valence-corrected chi connectivity index (χ3v) is 5.11. The van der Waals surface area contributed by atoms with Gasteiger partial charge in [0, 0.05) is 17.8 Å². The lowest BCUT2D eigenvalue weighted by Gasteiger charge is -2.26. The Bertz CT molecular complexity index is 409. The Kier molecular flexibility index (Phi) is 4.35. The third kappa shape index (κ3) is 3.67. The summed E-state index contributed by atoms with van der Waals surface area (Å²) in [7, 11) is 0. The van der Waals surface area contributed by atoms with Crippen molar-refractivity contribution in [2.75, 3.05) is 6.54 Å². The van der Waals surface area contributed by atoms with Gasteiger partial charge < -0.3 is 10.4 Å². The zero-order valence-corrected chi connectivity index (χ0v) is 11.8. The highest BCUT2D eigenvalue weighted by atomic mass is 32.2. The molecule has 1 aromatic heterocycles. The Labute approximate surface area is 117 Å². The molecule has 2 atom stereocenters. The predicted octanol–water partition coefficient (Wildman–Crippen LogP) is 0.821. The van der Waals surface area contributed by atoms with E-state index >= 15 is 0 Å². The first kappa shape index (κ1) is 13.3. The maximum Gasteiger partial charge on any atom is 0.209 e. The van der Waals surface area contributed by atoms with Crippen LogP contribution in [0, 0.1) is 0 Å². The van der Waals surface area contributed by atoms with Gasteiger partial charge in [0.05, 0.1) is 12.6 Å². The molecule has 0 radical (unpaired) electrons. The zero-order chi connectivity index (χ0) is 13.1. The lowest BCUT2D eigenvalue weighted by atomic mass is 9.97. The summed E-state index contributed by atoms with van der Waals surface area (Å²) in [6.45, 7) is 1.71. The molecule has 3 rings (SSSR count). The number of aromatic nitrogens is 4. The number of hydrogen-bond donors (Lipinski definition) is 2. The second-order valence-electron chi connectivity index (χ2n) is 5.42. The summed E-state index contributed by atoms with van der Waals surface area (Å²) in [5, 5.41) is 26.4. The Morgan fingerprint density at radius 3 is 2.89 bits per heavy atom. The van der Waals surface area contributed by atoms with Gasteiger partial charge in [0.2, 0.25) is 5.16 Å². The van der Waals surface area contributed by atoms with Crippen LogP contribution < -0.4 is 5.32 Å². The van der Waals surface area contributed by atoms with E-state index in [0.717, 1.165) is 37.5 Å². The third-order valence-electron chi connectivity index (χ3n) is 3.76. The summed E-state index contributed by atoms with van der Waals surface area (Å²) in [5.41, 5.74) is 0. The van der Waals surface area contributed by atoms with Crippen LogP contribution in [-0.4, -0.2) is 49.3 Å². The molecule has 0 amide bonds. The number of nitrogens with zero attached hydrogens (tertiary/aromatic N) is 4. The van der Waals surface area contributed by atoms with E-state index in [9.17, 15) is 5.11 Å². The van der Waals surface area contributed by atoms with E-state index in [1.807, 2.05) is 4.68 Å². The molecule has 6 nitrogen and oxygen atoms in total. The SMILES string of the molecule is OC1CCCCC1Sc1nnnn1CCNC1CC1. The van der Waals surface area contributed by atoms with Gasteiger partial charge in [-0.25, -0.2) is 4.68 Å². The van der Waals surface area contributed by atoms with Crippen LogP contribution in [0.4, 0.5) is 0 Å². The van der Waals surface area contributed by atoms with Crippen molar-refractivity contribution < 1.29 is 5.11 Å². The largest absolute Gasteiger partial charge is 0.392 e. The number of hydrogen-bond acceptors (Lipinski definition) is 6.